The predicted octanol–water partition coefficient (Wildman–Crippen LogP) is 4.18. The molecule has 0 radical (unpaired) electrons. The fourth-order valence-corrected chi connectivity index (χ4v) is 5.92. The minimum atomic E-state index is -0.0107. The minimum absolute atomic E-state index is 0.0107. The number of nitrogens with one attached hydrogen (secondary N) is 1. The van der Waals surface area contributed by atoms with Crippen molar-refractivity contribution in [3.05, 3.63) is 35.0 Å². The number of amides is 1. The number of pyridine rings is 1. The molecule has 2 fully saturated rings. The second kappa shape index (κ2) is 11.9. The lowest BCUT2D eigenvalue weighted by atomic mass is 9.92. The summed E-state index contributed by atoms with van der Waals surface area (Å²) >= 11 is 1.69. The van der Waals surface area contributed by atoms with Crippen LogP contribution in [0.5, 0.6) is 0 Å². The molecule has 180 valence electrons. The Balaban J connectivity index is 1.32. The van der Waals surface area contributed by atoms with Crippen LogP contribution in [0.1, 0.15) is 68.4 Å². The molecule has 4 rings (SSSR count). The molecule has 0 aromatic carbocycles. The van der Waals surface area contributed by atoms with Gasteiger partial charge in [-0.1, -0.05) is 25.8 Å². The van der Waals surface area contributed by atoms with Gasteiger partial charge >= 0.3 is 0 Å². The van der Waals surface area contributed by atoms with Crippen molar-refractivity contribution in [2.45, 2.75) is 70.3 Å². The predicted molar refractivity (Wildman–Crippen MR) is 133 cm³/mol. The molecule has 0 spiro atoms. The van der Waals surface area contributed by atoms with Crippen LogP contribution < -0.4 is 5.32 Å². The molecular weight excluding hydrogens is 434 g/mol. The summed E-state index contributed by atoms with van der Waals surface area (Å²) in [4.78, 5) is 28.3. The molecule has 0 aliphatic carbocycles. The molecule has 8 heteroatoms. The SMILES string of the molecule is CCCc1cnc(Nc2cccc(C3CCN(C(=O)[C@H]4CCCCN4CCCO)CC3)n2)s1. The number of aromatic nitrogens is 2. The standard InChI is InChI=1S/C25H37N5O2S/c1-2-7-20-18-26-25(33-20)28-23-10-5-8-21(27-23)19-11-15-30(16-12-19)24(32)22-9-3-4-13-29(22)14-6-17-31/h5,8,10,18-19,22,31H,2-4,6-7,9,11-17H2,1H3,(H,26,27,28)/t22-/m1/s1. The van der Waals surface area contributed by atoms with Gasteiger partial charge in [-0.3, -0.25) is 9.69 Å². The molecule has 0 saturated carbocycles. The normalized spacial score (nSPS) is 20.2. The highest BCUT2D eigenvalue weighted by Gasteiger charge is 2.33. The molecule has 0 bridgehead atoms. The van der Waals surface area contributed by atoms with E-state index in [1.54, 1.807) is 11.3 Å². The van der Waals surface area contributed by atoms with Gasteiger partial charge in [0.15, 0.2) is 5.13 Å². The van der Waals surface area contributed by atoms with Crippen LogP contribution in [0.25, 0.3) is 0 Å². The molecular formula is C25H37N5O2S. The number of rotatable bonds is 9. The van der Waals surface area contributed by atoms with Gasteiger partial charge in [-0.2, -0.15) is 0 Å². The first-order valence-corrected chi connectivity index (χ1v) is 13.3. The number of hydrogen-bond acceptors (Lipinski definition) is 7. The van der Waals surface area contributed by atoms with Crippen LogP contribution >= 0.6 is 11.3 Å². The number of aryl methyl sites for hydroxylation is 1. The maximum atomic E-state index is 13.3. The quantitative estimate of drug-likeness (QED) is 0.571. The van der Waals surface area contributed by atoms with Crippen LogP contribution in [0.2, 0.25) is 0 Å². The number of aliphatic hydroxyl groups excluding tert-OH is 1. The lowest BCUT2D eigenvalue weighted by Crippen LogP contribution is -2.52. The second-order valence-corrected chi connectivity index (χ2v) is 10.3. The van der Waals surface area contributed by atoms with E-state index in [-0.39, 0.29) is 18.6 Å². The molecule has 2 aromatic heterocycles. The van der Waals surface area contributed by atoms with E-state index < -0.39 is 0 Å². The van der Waals surface area contributed by atoms with Crippen LogP contribution in [-0.4, -0.2) is 69.6 Å². The number of anilines is 2. The highest BCUT2D eigenvalue weighted by molar-refractivity contribution is 7.15. The van der Waals surface area contributed by atoms with E-state index in [1.807, 2.05) is 12.3 Å². The Bertz CT molecular complexity index is 896. The van der Waals surface area contributed by atoms with Crippen LogP contribution in [0, 0.1) is 0 Å². The van der Waals surface area contributed by atoms with Crippen molar-refractivity contribution in [1.82, 2.24) is 19.8 Å². The number of thiazole rings is 1. The molecule has 0 unspecified atom stereocenters. The van der Waals surface area contributed by atoms with E-state index in [1.165, 1.54) is 4.88 Å². The van der Waals surface area contributed by atoms with Crippen molar-refractivity contribution in [3.8, 4) is 0 Å². The average molecular weight is 472 g/mol. The molecule has 1 atom stereocenters. The van der Waals surface area contributed by atoms with E-state index in [4.69, 9.17) is 4.98 Å². The molecule has 2 saturated heterocycles. The van der Waals surface area contributed by atoms with E-state index in [0.29, 0.717) is 5.92 Å². The van der Waals surface area contributed by atoms with E-state index in [0.717, 1.165) is 94.2 Å². The Morgan fingerprint density at radius 3 is 2.85 bits per heavy atom. The number of aliphatic hydroxyl groups is 1. The smallest absolute Gasteiger partial charge is 0.239 e. The number of nitrogens with zero attached hydrogens (tertiary/aromatic N) is 4. The third kappa shape index (κ3) is 6.31. The van der Waals surface area contributed by atoms with Gasteiger partial charge in [0.2, 0.25) is 5.91 Å². The third-order valence-corrected chi connectivity index (χ3v) is 7.76. The molecule has 2 aromatic rings. The van der Waals surface area contributed by atoms with Crippen molar-refractivity contribution < 1.29 is 9.90 Å². The zero-order valence-corrected chi connectivity index (χ0v) is 20.5. The number of likely N-dealkylation sites (tertiary alicyclic amines) is 2. The lowest BCUT2D eigenvalue weighted by Gasteiger charge is -2.40. The Kier molecular flexibility index (Phi) is 8.69. The van der Waals surface area contributed by atoms with Crippen molar-refractivity contribution in [2.24, 2.45) is 0 Å². The summed E-state index contributed by atoms with van der Waals surface area (Å²) in [6.45, 7) is 5.73. The molecule has 2 aliphatic rings. The Morgan fingerprint density at radius 2 is 2.06 bits per heavy atom. The summed E-state index contributed by atoms with van der Waals surface area (Å²) in [5, 5.41) is 13.5. The highest BCUT2D eigenvalue weighted by atomic mass is 32.1. The Labute approximate surface area is 201 Å². The van der Waals surface area contributed by atoms with Crippen molar-refractivity contribution in [2.75, 3.05) is 38.1 Å². The van der Waals surface area contributed by atoms with E-state index in [9.17, 15) is 9.90 Å². The van der Waals surface area contributed by atoms with Crippen molar-refractivity contribution in [3.63, 3.8) is 0 Å². The third-order valence-electron chi connectivity index (χ3n) is 6.78. The maximum Gasteiger partial charge on any atom is 0.239 e. The van der Waals surface area contributed by atoms with Gasteiger partial charge in [0.05, 0.1) is 6.04 Å². The van der Waals surface area contributed by atoms with E-state index >= 15 is 0 Å². The fraction of sp³-hybridized carbons (Fsp3) is 0.640. The molecule has 2 aliphatic heterocycles. The van der Waals surface area contributed by atoms with Crippen LogP contribution in [-0.2, 0) is 11.2 Å². The van der Waals surface area contributed by atoms with Gasteiger partial charge in [0.1, 0.15) is 5.82 Å². The van der Waals surface area contributed by atoms with Crippen LogP contribution in [0.3, 0.4) is 0 Å². The fourth-order valence-electron chi connectivity index (χ4n) is 5.00. The van der Waals surface area contributed by atoms with Gasteiger partial charge in [-0.15, -0.1) is 11.3 Å². The van der Waals surface area contributed by atoms with Crippen LogP contribution in [0.15, 0.2) is 24.4 Å². The summed E-state index contributed by atoms with van der Waals surface area (Å²) in [5.74, 6) is 1.49. The number of carbonyl (C=O) groups is 1. The zero-order chi connectivity index (χ0) is 23.0. The van der Waals surface area contributed by atoms with Crippen LogP contribution in [0.4, 0.5) is 10.9 Å². The Hall–Kier alpha value is -2.03. The topological polar surface area (TPSA) is 81.6 Å². The maximum absolute atomic E-state index is 13.3. The van der Waals surface area contributed by atoms with Gasteiger partial charge in [-0.05, 0) is 57.2 Å². The van der Waals surface area contributed by atoms with Gasteiger partial charge in [-0.25, -0.2) is 9.97 Å². The molecule has 4 heterocycles. The number of piperidine rings is 2. The largest absolute Gasteiger partial charge is 0.396 e. The first-order chi connectivity index (χ1) is 16.2. The van der Waals surface area contributed by atoms with Crippen molar-refractivity contribution in [1.29, 1.82) is 0 Å². The highest BCUT2D eigenvalue weighted by Crippen LogP contribution is 2.30. The van der Waals surface area contributed by atoms with E-state index in [2.05, 4.69) is 39.2 Å². The summed E-state index contributed by atoms with van der Waals surface area (Å²) in [6, 6.07) is 6.15. The first-order valence-electron chi connectivity index (χ1n) is 12.5. The summed E-state index contributed by atoms with van der Waals surface area (Å²) in [6.07, 6.45) is 9.97. The lowest BCUT2D eigenvalue weighted by molar-refractivity contribution is -0.139. The molecule has 2 N–H and O–H groups in total. The number of carbonyl (C=O) groups excluding carboxylic acids is 1. The first kappa shape index (κ1) is 24.1. The zero-order valence-electron chi connectivity index (χ0n) is 19.7. The molecule has 33 heavy (non-hydrogen) atoms. The summed E-state index contributed by atoms with van der Waals surface area (Å²) < 4.78 is 0. The van der Waals surface area contributed by atoms with Gasteiger partial charge < -0.3 is 15.3 Å². The summed E-state index contributed by atoms with van der Waals surface area (Å²) in [5.41, 5.74) is 1.10. The number of hydrogen-bond donors (Lipinski definition) is 2. The van der Waals surface area contributed by atoms with Gasteiger partial charge in [0.25, 0.3) is 0 Å². The molecule has 1 amide bonds. The average Bonchev–Trinajstić information content (AvgIpc) is 3.29. The van der Waals surface area contributed by atoms with Crippen molar-refractivity contribution >= 4 is 28.2 Å². The minimum Gasteiger partial charge on any atom is -0.396 e. The second-order valence-electron chi connectivity index (χ2n) is 9.18. The van der Waals surface area contributed by atoms with Gasteiger partial charge in [0, 0.05) is 48.9 Å². The monoisotopic (exact) mass is 471 g/mol. The summed E-state index contributed by atoms with van der Waals surface area (Å²) in [7, 11) is 0. The Morgan fingerprint density at radius 1 is 1.21 bits per heavy atom. The molecule has 7 nitrogen and oxygen atoms in total.